The third-order valence-electron chi connectivity index (χ3n) is 3.63. The second-order valence-electron chi connectivity index (χ2n) is 5.32. The fraction of sp³-hybridized carbons (Fsp3) is 0.100. The normalized spacial score (nSPS) is 10.3. The van der Waals surface area contributed by atoms with E-state index in [0.29, 0.717) is 23.7 Å². The van der Waals surface area contributed by atoms with E-state index in [1.165, 1.54) is 0 Å². The monoisotopic (exact) mass is 396 g/mol. The molecule has 0 aliphatic rings. The van der Waals surface area contributed by atoms with Crippen LogP contribution in [0.2, 0.25) is 0 Å². The zero-order valence-electron chi connectivity index (χ0n) is 13.7. The van der Waals surface area contributed by atoms with Gasteiger partial charge in [0.25, 0.3) is 5.91 Å². The minimum atomic E-state index is -0.0939. The molecule has 0 saturated carbocycles. The lowest BCUT2D eigenvalue weighted by Crippen LogP contribution is -2.31. The van der Waals surface area contributed by atoms with Crippen molar-refractivity contribution >= 4 is 27.7 Å². The Hall–Kier alpha value is -2.66. The van der Waals surface area contributed by atoms with Gasteiger partial charge in [-0.25, -0.2) is 4.98 Å². The summed E-state index contributed by atoms with van der Waals surface area (Å²) in [7, 11) is 0. The Labute approximate surface area is 155 Å². The van der Waals surface area contributed by atoms with Gasteiger partial charge in [-0.3, -0.25) is 9.69 Å². The van der Waals surface area contributed by atoms with Crippen LogP contribution in [0.15, 0.2) is 77.4 Å². The molecule has 1 amide bonds. The number of ether oxygens (including phenoxy) is 1. The molecule has 4 nitrogen and oxygen atoms in total. The van der Waals surface area contributed by atoms with Gasteiger partial charge in [-0.15, -0.1) is 0 Å². The lowest BCUT2D eigenvalue weighted by molar-refractivity contribution is 0.0987. The van der Waals surface area contributed by atoms with Gasteiger partial charge in [0.05, 0.1) is 0 Å². The number of nitrogens with zero attached hydrogens (tertiary/aromatic N) is 2. The molecule has 1 heterocycles. The van der Waals surface area contributed by atoms with Gasteiger partial charge in [0.2, 0.25) is 0 Å². The van der Waals surface area contributed by atoms with Crippen molar-refractivity contribution in [1.29, 1.82) is 0 Å². The summed E-state index contributed by atoms with van der Waals surface area (Å²) in [5.74, 6) is 1.98. The van der Waals surface area contributed by atoms with E-state index >= 15 is 0 Å². The molecule has 126 valence electrons. The number of benzene rings is 2. The molecule has 5 heteroatoms. The molecular formula is C20H17BrN2O2. The van der Waals surface area contributed by atoms with Gasteiger partial charge in [0, 0.05) is 22.8 Å². The van der Waals surface area contributed by atoms with E-state index in [4.69, 9.17) is 4.74 Å². The van der Waals surface area contributed by atoms with Crippen molar-refractivity contribution in [2.75, 3.05) is 11.4 Å². The van der Waals surface area contributed by atoms with Crippen LogP contribution in [0, 0.1) is 0 Å². The summed E-state index contributed by atoms with van der Waals surface area (Å²) in [6.07, 6.45) is 1.68. The summed E-state index contributed by atoms with van der Waals surface area (Å²) >= 11 is 3.35. The zero-order chi connectivity index (χ0) is 17.6. The number of amides is 1. The van der Waals surface area contributed by atoms with E-state index in [9.17, 15) is 4.79 Å². The smallest absolute Gasteiger partial charge is 0.259 e. The first-order valence-corrected chi connectivity index (χ1v) is 8.73. The van der Waals surface area contributed by atoms with Crippen LogP contribution >= 0.6 is 15.9 Å². The molecular weight excluding hydrogens is 380 g/mol. The molecule has 1 aromatic heterocycles. The lowest BCUT2D eigenvalue weighted by atomic mass is 10.2. The number of hydrogen-bond donors (Lipinski definition) is 0. The van der Waals surface area contributed by atoms with E-state index < -0.39 is 0 Å². The number of anilines is 1. The number of hydrogen-bond acceptors (Lipinski definition) is 3. The summed E-state index contributed by atoms with van der Waals surface area (Å²) in [6.45, 7) is 2.46. The lowest BCUT2D eigenvalue weighted by Gasteiger charge is -2.20. The van der Waals surface area contributed by atoms with Crippen LogP contribution in [0.25, 0.3) is 0 Å². The third-order valence-corrected chi connectivity index (χ3v) is 4.10. The number of para-hydroxylation sites is 1. The topological polar surface area (TPSA) is 42.4 Å². The first-order valence-electron chi connectivity index (χ1n) is 7.94. The van der Waals surface area contributed by atoms with Crippen molar-refractivity contribution < 1.29 is 9.53 Å². The maximum Gasteiger partial charge on any atom is 0.259 e. The number of carbonyl (C=O) groups excluding carboxylic acids is 1. The van der Waals surface area contributed by atoms with Crippen LogP contribution < -0.4 is 9.64 Å². The summed E-state index contributed by atoms with van der Waals surface area (Å²) in [5.41, 5.74) is 0.590. The Morgan fingerprint density at radius 2 is 1.68 bits per heavy atom. The Kier molecular flexibility index (Phi) is 5.46. The van der Waals surface area contributed by atoms with Crippen molar-refractivity contribution in [3.8, 4) is 11.5 Å². The van der Waals surface area contributed by atoms with Gasteiger partial charge in [0.1, 0.15) is 17.3 Å². The first kappa shape index (κ1) is 17.2. The maximum atomic E-state index is 12.8. The molecule has 0 fully saturated rings. The molecule has 0 aliphatic heterocycles. The van der Waals surface area contributed by atoms with Crippen molar-refractivity contribution in [2.24, 2.45) is 0 Å². The fourth-order valence-corrected chi connectivity index (χ4v) is 2.62. The predicted octanol–water partition coefficient (Wildman–Crippen LogP) is 5.30. The molecule has 0 radical (unpaired) electrons. The van der Waals surface area contributed by atoms with E-state index in [0.717, 1.165) is 10.2 Å². The summed E-state index contributed by atoms with van der Waals surface area (Å²) in [4.78, 5) is 18.7. The highest BCUT2D eigenvalue weighted by Crippen LogP contribution is 2.23. The highest BCUT2D eigenvalue weighted by atomic mass is 79.9. The number of aromatic nitrogens is 1. The van der Waals surface area contributed by atoms with E-state index in [-0.39, 0.29) is 5.91 Å². The van der Waals surface area contributed by atoms with Gasteiger partial charge in [0.15, 0.2) is 0 Å². The number of rotatable bonds is 5. The summed E-state index contributed by atoms with van der Waals surface area (Å²) in [5, 5.41) is 0. The molecule has 0 unspecified atom stereocenters. The van der Waals surface area contributed by atoms with Gasteiger partial charge in [-0.2, -0.15) is 0 Å². The van der Waals surface area contributed by atoms with Crippen LogP contribution in [0.5, 0.6) is 11.5 Å². The Bertz CT molecular complexity index is 834. The second kappa shape index (κ2) is 7.94. The standard InChI is InChI=1S/C20H17BrN2O2/c1-2-23(19-13-10-16(21)14-22-19)20(24)15-8-11-18(12-9-15)25-17-6-4-3-5-7-17/h3-14H,2H2,1H3. The maximum absolute atomic E-state index is 12.8. The Morgan fingerprint density at radius 3 is 2.28 bits per heavy atom. The molecule has 0 N–H and O–H groups in total. The molecule has 3 aromatic rings. The van der Waals surface area contributed by atoms with Crippen molar-refractivity contribution in [2.45, 2.75) is 6.92 Å². The largest absolute Gasteiger partial charge is 0.457 e. The molecule has 2 aromatic carbocycles. The van der Waals surface area contributed by atoms with Gasteiger partial charge in [-0.1, -0.05) is 18.2 Å². The predicted molar refractivity (Wildman–Crippen MR) is 102 cm³/mol. The number of pyridine rings is 1. The highest BCUT2D eigenvalue weighted by molar-refractivity contribution is 9.10. The van der Waals surface area contributed by atoms with Crippen molar-refractivity contribution in [3.05, 3.63) is 83.0 Å². The van der Waals surface area contributed by atoms with Crippen LogP contribution in [-0.4, -0.2) is 17.4 Å². The van der Waals surface area contributed by atoms with Crippen LogP contribution in [0.4, 0.5) is 5.82 Å². The van der Waals surface area contributed by atoms with E-state index in [1.54, 1.807) is 35.4 Å². The third kappa shape index (κ3) is 4.25. The quantitative estimate of drug-likeness (QED) is 0.587. The average Bonchev–Trinajstić information content (AvgIpc) is 2.65. The number of carbonyl (C=O) groups is 1. The van der Waals surface area contributed by atoms with Gasteiger partial charge >= 0.3 is 0 Å². The molecule has 0 atom stereocenters. The minimum Gasteiger partial charge on any atom is -0.457 e. The zero-order valence-corrected chi connectivity index (χ0v) is 15.3. The second-order valence-corrected chi connectivity index (χ2v) is 6.24. The molecule has 0 spiro atoms. The van der Waals surface area contributed by atoms with Gasteiger partial charge < -0.3 is 4.74 Å². The Morgan fingerprint density at radius 1 is 1.00 bits per heavy atom. The van der Waals surface area contributed by atoms with Crippen LogP contribution in [0.1, 0.15) is 17.3 Å². The van der Waals surface area contributed by atoms with E-state index in [1.807, 2.05) is 49.4 Å². The van der Waals surface area contributed by atoms with Crippen LogP contribution in [0.3, 0.4) is 0 Å². The molecule has 0 saturated heterocycles. The molecule has 0 aliphatic carbocycles. The summed E-state index contributed by atoms with van der Waals surface area (Å²) in [6, 6.07) is 20.3. The van der Waals surface area contributed by atoms with Crippen molar-refractivity contribution in [3.63, 3.8) is 0 Å². The molecule has 3 rings (SSSR count). The fourth-order valence-electron chi connectivity index (χ4n) is 2.38. The number of halogens is 1. The highest BCUT2D eigenvalue weighted by Gasteiger charge is 2.17. The first-order chi connectivity index (χ1) is 12.2. The Balaban J connectivity index is 1.76. The average molecular weight is 397 g/mol. The molecule has 25 heavy (non-hydrogen) atoms. The summed E-state index contributed by atoms with van der Waals surface area (Å²) < 4.78 is 6.63. The van der Waals surface area contributed by atoms with Gasteiger partial charge in [-0.05, 0) is 71.4 Å². The SMILES string of the molecule is CCN(C(=O)c1ccc(Oc2ccccc2)cc1)c1ccc(Br)cn1. The van der Waals surface area contributed by atoms with Crippen molar-refractivity contribution in [1.82, 2.24) is 4.98 Å². The minimum absolute atomic E-state index is 0.0939. The van der Waals surface area contributed by atoms with Crippen LogP contribution in [-0.2, 0) is 0 Å². The van der Waals surface area contributed by atoms with E-state index in [2.05, 4.69) is 20.9 Å². The molecule has 0 bridgehead atoms.